The van der Waals surface area contributed by atoms with Gasteiger partial charge in [-0.25, -0.2) is 0 Å². The zero-order valence-corrected chi connectivity index (χ0v) is 11.3. The van der Waals surface area contributed by atoms with E-state index >= 15 is 0 Å². The molecule has 0 heterocycles. The number of halogens is 1. The fourth-order valence-corrected chi connectivity index (χ4v) is 1.62. The molecule has 1 aromatic carbocycles. The minimum Gasteiger partial charge on any atom is -0.382 e. The third kappa shape index (κ3) is 3.50. The van der Waals surface area contributed by atoms with Gasteiger partial charge in [-0.1, -0.05) is 15.9 Å². The highest BCUT2D eigenvalue weighted by Gasteiger charge is 2.03. The van der Waals surface area contributed by atoms with Crippen molar-refractivity contribution in [2.45, 2.75) is 26.9 Å². The number of nitrogens with one attached hydrogen (secondary N) is 1. The Morgan fingerprint density at radius 2 is 1.87 bits per heavy atom. The molecule has 0 saturated carbocycles. The molecule has 84 valence electrons. The third-order valence-corrected chi connectivity index (χ3v) is 3.68. The number of ether oxygens (including phenoxy) is 1. The van der Waals surface area contributed by atoms with Gasteiger partial charge >= 0.3 is 0 Å². The van der Waals surface area contributed by atoms with Crippen LogP contribution in [-0.4, -0.2) is 19.8 Å². The van der Waals surface area contributed by atoms with Gasteiger partial charge in [0.15, 0.2) is 0 Å². The summed E-state index contributed by atoms with van der Waals surface area (Å²) in [5, 5.41) is 3.36. The molecule has 1 unspecified atom stereocenters. The summed E-state index contributed by atoms with van der Waals surface area (Å²) in [5.41, 5.74) is 3.65. The molecule has 1 aromatic rings. The largest absolute Gasteiger partial charge is 0.382 e. The predicted molar refractivity (Wildman–Crippen MR) is 68.6 cm³/mol. The van der Waals surface area contributed by atoms with Gasteiger partial charge in [0.05, 0.1) is 6.10 Å². The summed E-state index contributed by atoms with van der Waals surface area (Å²) < 4.78 is 6.37. The summed E-state index contributed by atoms with van der Waals surface area (Å²) in [4.78, 5) is 0. The topological polar surface area (TPSA) is 21.3 Å². The van der Waals surface area contributed by atoms with Crippen molar-refractivity contribution in [3.05, 3.63) is 27.7 Å². The molecule has 1 rings (SSSR count). The van der Waals surface area contributed by atoms with Crippen molar-refractivity contribution in [2.24, 2.45) is 0 Å². The summed E-state index contributed by atoms with van der Waals surface area (Å²) in [7, 11) is 1.73. The minimum absolute atomic E-state index is 0.231. The summed E-state index contributed by atoms with van der Waals surface area (Å²) in [6.07, 6.45) is 0.231. The van der Waals surface area contributed by atoms with Gasteiger partial charge in [0.1, 0.15) is 0 Å². The molecular weight excluding hydrogens is 254 g/mol. The first-order valence-corrected chi connectivity index (χ1v) is 5.87. The Labute approximate surface area is 100 Å². The van der Waals surface area contributed by atoms with E-state index in [1.165, 1.54) is 15.6 Å². The maximum absolute atomic E-state index is 5.18. The van der Waals surface area contributed by atoms with Gasteiger partial charge in [-0.3, -0.25) is 0 Å². The van der Waals surface area contributed by atoms with Crippen LogP contribution in [0.15, 0.2) is 16.6 Å². The number of methoxy groups -OCH3 is 1. The van der Waals surface area contributed by atoms with Crippen molar-refractivity contribution < 1.29 is 4.74 Å². The SMILES string of the molecule is COC(C)CNc1cc(C)c(Br)c(C)c1. The van der Waals surface area contributed by atoms with Gasteiger partial charge in [0.2, 0.25) is 0 Å². The van der Waals surface area contributed by atoms with Crippen LogP contribution in [-0.2, 0) is 4.74 Å². The van der Waals surface area contributed by atoms with E-state index in [-0.39, 0.29) is 6.10 Å². The monoisotopic (exact) mass is 271 g/mol. The summed E-state index contributed by atoms with van der Waals surface area (Å²) in [6, 6.07) is 4.28. The molecule has 2 nitrogen and oxygen atoms in total. The normalized spacial score (nSPS) is 12.6. The molecule has 0 spiro atoms. The lowest BCUT2D eigenvalue weighted by molar-refractivity contribution is 0.129. The van der Waals surface area contributed by atoms with Crippen LogP contribution in [0.3, 0.4) is 0 Å². The highest BCUT2D eigenvalue weighted by atomic mass is 79.9. The van der Waals surface area contributed by atoms with Crippen LogP contribution in [0.2, 0.25) is 0 Å². The molecule has 0 amide bonds. The highest BCUT2D eigenvalue weighted by molar-refractivity contribution is 9.10. The van der Waals surface area contributed by atoms with Crippen LogP contribution in [0.5, 0.6) is 0 Å². The lowest BCUT2D eigenvalue weighted by Gasteiger charge is -2.14. The van der Waals surface area contributed by atoms with Crippen LogP contribution in [0.4, 0.5) is 5.69 Å². The lowest BCUT2D eigenvalue weighted by Crippen LogP contribution is -2.18. The fourth-order valence-electron chi connectivity index (χ4n) is 1.39. The van der Waals surface area contributed by atoms with Gasteiger partial charge in [-0.15, -0.1) is 0 Å². The molecule has 15 heavy (non-hydrogen) atoms. The van der Waals surface area contributed by atoms with Crippen LogP contribution >= 0.6 is 15.9 Å². The maximum atomic E-state index is 5.18. The zero-order chi connectivity index (χ0) is 11.4. The molecular formula is C12H18BrNO. The molecule has 1 N–H and O–H groups in total. The second-order valence-electron chi connectivity index (χ2n) is 3.85. The standard InChI is InChI=1S/C12H18BrNO/c1-8-5-11(6-9(2)12(8)13)14-7-10(3)15-4/h5-6,10,14H,7H2,1-4H3. The van der Waals surface area contributed by atoms with Crippen molar-refractivity contribution >= 4 is 21.6 Å². The second kappa shape index (κ2) is 5.52. The molecule has 0 aliphatic rings. The first-order chi connectivity index (χ1) is 7.04. The van der Waals surface area contributed by atoms with Gasteiger partial charge < -0.3 is 10.1 Å². The molecule has 0 radical (unpaired) electrons. The van der Waals surface area contributed by atoms with E-state index in [1.807, 2.05) is 6.92 Å². The van der Waals surface area contributed by atoms with E-state index in [0.717, 1.165) is 12.2 Å². The number of rotatable bonds is 4. The predicted octanol–water partition coefficient (Wildman–Crippen LogP) is 3.51. The van der Waals surface area contributed by atoms with E-state index in [0.29, 0.717) is 0 Å². The van der Waals surface area contributed by atoms with Crippen molar-refractivity contribution in [1.29, 1.82) is 0 Å². The van der Waals surface area contributed by atoms with E-state index in [4.69, 9.17) is 4.74 Å². The molecule has 3 heteroatoms. The van der Waals surface area contributed by atoms with Gasteiger partial charge in [-0.05, 0) is 44.0 Å². The molecule has 0 fully saturated rings. The van der Waals surface area contributed by atoms with E-state index < -0.39 is 0 Å². The van der Waals surface area contributed by atoms with E-state index in [1.54, 1.807) is 7.11 Å². The van der Waals surface area contributed by atoms with E-state index in [9.17, 15) is 0 Å². The Morgan fingerprint density at radius 3 is 2.33 bits per heavy atom. The first-order valence-electron chi connectivity index (χ1n) is 5.08. The van der Waals surface area contributed by atoms with Crippen LogP contribution in [0, 0.1) is 13.8 Å². The number of aryl methyl sites for hydroxylation is 2. The molecule has 0 aromatic heterocycles. The van der Waals surface area contributed by atoms with Crippen LogP contribution in [0.25, 0.3) is 0 Å². The molecule has 1 atom stereocenters. The average molecular weight is 272 g/mol. The highest BCUT2D eigenvalue weighted by Crippen LogP contribution is 2.24. The van der Waals surface area contributed by atoms with Crippen LogP contribution in [0.1, 0.15) is 18.1 Å². The lowest BCUT2D eigenvalue weighted by atomic mass is 10.1. The number of hydrogen-bond donors (Lipinski definition) is 1. The van der Waals surface area contributed by atoms with Gasteiger partial charge in [0, 0.05) is 23.8 Å². The van der Waals surface area contributed by atoms with Crippen molar-refractivity contribution in [2.75, 3.05) is 19.0 Å². The molecule has 0 bridgehead atoms. The second-order valence-corrected chi connectivity index (χ2v) is 4.64. The molecule has 0 aliphatic heterocycles. The molecule has 0 aliphatic carbocycles. The number of anilines is 1. The quantitative estimate of drug-likeness (QED) is 0.905. The van der Waals surface area contributed by atoms with Crippen molar-refractivity contribution in [1.82, 2.24) is 0 Å². The molecule has 0 saturated heterocycles. The Kier molecular flexibility index (Phi) is 4.61. The Balaban J connectivity index is 2.70. The minimum atomic E-state index is 0.231. The summed E-state index contributed by atoms with van der Waals surface area (Å²) in [6.45, 7) is 7.08. The van der Waals surface area contributed by atoms with Crippen molar-refractivity contribution in [3.8, 4) is 0 Å². The Morgan fingerprint density at radius 1 is 1.33 bits per heavy atom. The average Bonchev–Trinajstić information content (AvgIpc) is 2.22. The fraction of sp³-hybridized carbons (Fsp3) is 0.500. The third-order valence-electron chi connectivity index (χ3n) is 2.43. The smallest absolute Gasteiger partial charge is 0.0715 e. The zero-order valence-electron chi connectivity index (χ0n) is 9.73. The summed E-state index contributed by atoms with van der Waals surface area (Å²) >= 11 is 3.55. The first kappa shape index (κ1) is 12.5. The number of benzene rings is 1. The summed E-state index contributed by atoms with van der Waals surface area (Å²) in [5.74, 6) is 0. The Hall–Kier alpha value is -0.540. The maximum Gasteiger partial charge on any atom is 0.0715 e. The van der Waals surface area contributed by atoms with E-state index in [2.05, 4.69) is 47.2 Å². The Bertz CT molecular complexity index is 315. The van der Waals surface area contributed by atoms with Gasteiger partial charge in [0.25, 0.3) is 0 Å². The van der Waals surface area contributed by atoms with Crippen molar-refractivity contribution in [3.63, 3.8) is 0 Å². The van der Waals surface area contributed by atoms with Gasteiger partial charge in [-0.2, -0.15) is 0 Å². The van der Waals surface area contributed by atoms with Crippen LogP contribution < -0.4 is 5.32 Å². The number of hydrogen-bond acceptors (Lipinski definition) is 2.